The maximum Gasteiger partial charge on any atom is 0.240 e. The Morgan fingerprint density at radius 3 is 2.79 bits per heavy atom. The van der Waals surface area contributed by atoms with E-state index in [0.29, 0.717) is 11.5 Å². The summed E-state index contributed by atoms with van der Waals surface area (Å²) in [6.07, 6.45) is 1.60. The summed E-state index contributed by atoms with van der Waals surface area (Å²) in [5, 5.41) is 1.17. The van der Waals surface area contributed by atoms with Crippen molar-refractivity contribution in [2.45, 2.75) is 0 Å². The van der Waals surface area contributed by atoms with Crippen molar-refractivity contribution in [2.24, 2.45) is 7.05 Å². The van der Waals surface area contributed by atoms with Gasteiger partial charge in [0, 0.05) is 17.1 Å². The number of nitrogens with zero attached hydrogens (tertiary/aromatic N) is 4. The lowest BCUT2D eigenvalue weighted by Crippen LogP contribution is -1.87. The standard InChI is InChI=1S/C14H9ClN4/c1-16-13-12(10-7-8-17-14(15)18-10)9-5-3-4-6-11(9)19(13)2/h3-8H,2H3. The van der Waals surface area contributed by atoms with Crippen LogP contribution in [0.1, 0.15) is 0 Å². The number of hydrogen-bond donors (Lipinski definition) is 0. The molecule has 2 aromatic heterocycles. The van der Waals surface area contributed by atoms with E-state index < -0.39 is 0 Å². The predicted molar refractivity (Wildman–Crippen MR) is 75.2 cm³/mol. The van der Waals surface area contributed by atoms with Crippen LogP contribution in [0.5, 0.6) is 0 Å². The number of aryl methyl sites for hydroxylation is 1. The molecule has 0 saturated heterocycles. The SMILES string of the molecule is [C-]#[N+]c1c(-c2ccnc(Cl)n2)c2ccccc2n1C. The van der Waals surface area contributed by atoms with Crippen LogP contribution in [0.4, 0.5) is 5.82 Å². The average Bonchev–Trinajstić information content (AvgIpc) is 2.72. The highest BCUT2D eigenvalue weighted by atomic mass is 35.5. The molecule has 0 spiro atoms. The lowest BCUT2D eigenvalue weighted by atomic mass is 10.1. The molecule has 0 unspecified atom stereocenters. The minimum atomic E-state index is 0.182. The van der Waals surface area contributed by atoms with Crippen LogP contribution in [0, 0.1) is 6.57 Å². The third-order valence-corrected chi connectivity index (χ3v) is 3.25. The first-order chi connectivity index (χ1) is 9.22. The molecule has 0 aliphatic heterocycles. The first-order valence-electron chi connectivity index (χ1n) is 5.66. The molecule has 4 nitrogen and oxygen atoms in total. The highest BCUT2D eigenvalue weighted by Gasteiger charge is 2.18. The summed E-state index contributed by atoms with van der Waals surface area (Å²) in [5.41, 5.74) is 2.47. The normalized spacial score (nSPS) is 10.6. The fourth-order valence-electron chi connectivity index (χ4n) is 2.24. The first-order valence-corrected chi connectivity index (χ1v) is 6.04. The molecular weight excluding hydrogens is 260 g/mol. The van der Waals surface area contributed by atoms with Gasteiger partial charge in [-0.3, -0.25) is 4.57 Å². The fourth-order valence-corrected chi connectivity index (χ4v) is 2.38. The van der Waals surface area contributed by atoms with Crippen LogP contribution < -0.4 is 0 Å². The molecule has 0 aliphatic carbocycles. The van der Waals surface area contributed by atoms with Crippen molar-refractivity contribution in [3.05, 3.63) is 53.2 Å². The van der Waals surface area contributed by atoms with Crippen LogP contribution in [0.3, 0.4) is 0 Å². The number of aromatic nitrogens is 3. The molecule has 5 heteroatoms. The number of para-hydroxylation sites is 1. The Bertz CT molecular complexity index is 814. The van der Waals surface area contributed by atoms with Crippen molar-refractivity contribution in [3.8, 4) is 11.3 Å². The van der Waals surface area contributed by atoms with Gasteiger partial charge in [-0.1, -0.05) is 24.8 Å². The summed E-state index contributed by atoms with van der Waals surface area (Å²) in [5.74, 6) is 0.552. The molecule has 0 atom stereocenters. The molecule has 1 aromatic carbocycles. The van der Waals surface area contributed by atoms with Crippen molar-refractivity contribution < 1.29 is 0 Å². The van der Waals surface area contributed by atoms with E-state index in [1.165, 1.54) is 0 Å². The van der Waals surface area contributed by atoms with Crippen molar-refractivity contribution >= 4 is 28.3 Å². The molecule has 3 aromatic rings. The van der Waals surface area contributed by atoms with Gasteiger partial charge in [0.15, 0.2) is 0 Å². The molecule has 0 N–H and O–H groups in total. The number of fused-ring (bicyclic) bond motifs is 1. The van der Waals surface area contributed by atoms with Gasteiger partial charge >= 0.3 is 0 Å². The quantitative estimate of drug-likeness (QED) is 0.496. The Morgan fingerprint density at radius 2 is 2.05 bits per heavy atom. The van der Waals surface area contributed by atoms with Gasteiger partial charge in [-0.15, -0.1) is 0 Å². The van der Waals surface area contributed by atoms with Crippen LogP contribution in [-0.4, -0.2) is 14.5 Å². The largest absolute Gasteiger partial charge is 0.363 e. The molecule has 0 saturated carbocycles. The first kappa shape index (κ1) is 11.7. The van der Waals surface area contributed by atoms with E-state index in [1.54, 1.807) is 12.3 Å². The van der Waals surface area contributed by atoms with E-state index in [1.807, 2.05) is 35.9 Å². The minimum Gasteiger partial charge on any atom is -0.363 e. The smallest absolute Gasteiger partial charge is 0.240 e. The number of hydrogen-bond acceptors (Lipinski definition) is 2. The third kappa shape index (κ3) is 1.76. The van der Waals surface area contributed by atoms with Gasteiger partial charge in [0.05, 0.1) is 12.7 Å². The summed E-state index contributed by atoms with van der Waals surface area (Å²) >= 11 is 5.84. The van der Waals surface area contributed by atoms with Crippen LogP contribution in [0.25, 0.3) is 27.0 Å². The van der Waals surface area contributed by atoms with Crippen molar-refractivity contribution in [1.29, 1.82) is 0 Å². The Morgan fingerprint density at radius 1 is 1.26 bits per heavy atom. The highest BCUT2D eigenvalue weighted by Crippen LogP contribution is 2.38. The van der Waals surface area contributed by atoms with E-state index >= 15 is 0 Å². The highest BCUT2D eigenvalue weighted by molar-refractivity contribution is 6.28. The molecule has 0 radical (unpaired) electrons. The maximum atomic E-state index is 7.39. The topological polar surface area (TPSA) is 35.1 Å². The van der Waals surface area contributed by atoms with E-state index in [4.69, 9.17) is 18.2 Å². The van der Waals surface area contributed by atoms with Gasteiger partial charge in [0.2, 0.25) is 11.1 Å². The van der Waals surface area contributed by atoms with Gasteiger partial charge in [-0.25, -0.2) is 9.97 Å². The number of halogens is 1. The summed E-state index contributed by atoms with van der Waals surface area (Å²) < 4.78 is 1.87. The summed E-state index contributed by atoms with van der Waals surface area (Å²) in [4.78, 5) is 11.7. The van der Waals surface area contributed by atoms with Crippen molar-refractivity contribution in [3.63, 3.8) is 0 Å². The molecular formula is C14H9ClN4. The Labute approximate surface area is 115 Å². The second-order valence-corrected chi connectivity index (χ2v) is 4.44. The van der Waals surface area contributed by atoms with E-state index in [-0.39, 0.29) is 5.28 Å². The second-order valence-electron chi connectivity index (χ2n) is 4.10. The molecule has 19 heavy (non-hydrogen) atoms. The van der Waals surface area contributed by atoms with E-state index in [9.17, 15) is 0 Å². The Kier molecular flexibility index (Phi) is 2.69. The van der Waals surface area contributed by atoms with Gasteiger partial charge < -0.3 is 4.85 Å². The van der Waals surface area contributed by atoms with Crippen molar-refractivity contribution in [2.75, 3.05) is 0 Å². The molecule has 0 bridgehead atoms. The van der Waals surface area contributed by atoms with Crippen LogP contribution in [0.15, 0.2) is 36.5 Å². The molecule has 2 heterocycles. The zero-order chi connectivity index (χ0) is 13.4. The van der Waals surface area contributed by atoms with Crippen molar-refractivity contribution in [1.82, 2.24) is 14.5 Å². The Hall–Kier alpha value is -2.38. The molecule has 0 amide bonds. The zero-order valence-corrected chi connectivity index (χ0v) is 10.9. The predicted octanol–water partition coefficient (Wildman–Crippen LogP) is 3.84. The lowest BCUT2D eigenvalue weighted by molar-refractivity contribution is 0.989. The number of benzene rings is 1. The van der Waals surface area contributed by atoms with Gasteiger partial charge in [0.25, 0.3) is 0 Å². The second kappa shape index (κ2) is 4.38. The van der Waals surface area contributed by atoms with Crippen LogP contribution >= 0.6 is 11.6 Å². The van der Waals surface area contributed by atoms with Gasteiger partial charge in [0.1, 0.15) is 5.52 Å². The zero-order valence-electron chi connectivity index (χ0n) is 10.1. The summed E-state index contributed by atoms with van der Waals surface area (Å²) in [6.45, 7) is 7.39. The minimum absolute atomic E-state index is 0.182. The monoisotopic (exact) mass is 268 g/mol. The number of rotatable bonds is 1. The molecule has 0 fully saturated rings. The summed E-state index contributed by atoms with van der Waals surface area (Å²) in [7, 11) is 1.88. The molecule has 3 rings (SSSR count). The maximum absolute atomic E-state index is 7.39. The average molecular weight is 269 g/mol. The van der Waals surface area contributed by atoms with E-state index in [2.05, 4.69) is 14.8 Å². The third-order valence-electron chi connectivity index (χ3n) is 3.06. The molecule has 0 aliphatic rings. The fraction of sp³-hybridized carbons (Fsp3) is 0.0714. The Balaban J connectivity index is 2.44. The summed E-state index contributed by atoms with van der Waals surface area (Å²) in [6, 6.07) is 9.63. The van der Waals surface area contributed by atoms with E-state index in [0.717, 1.165) is 16.5 Å². The molecule has 92 valence electrons. The van der Waals surface area contributed by atoms with Crippen LogP contribution in [-0.2, 0) is 7.05 Å². The lowest BCUT2D eigenvalue weighted by Gasteiger charge is -2.01. The van der Waals surface area contributed by atoms with Gasteiger partial charge in [-0.05, 0) is 23.7 Å². The van der Waals surface area contributed by atoms with Crippen LogP contribution in [0.2, 0.25) is 5.28 Å². The van der Waals surface area contributed by atoms with Gasteiger partial charge in [-0.2, -0.15) is 0 Å².